The molecule has 0 aliphatic carbocycles. The van der Waals surface area contributed by atoms with E-state index in [1.54, 1.807) is 12.4 Å². The van der Waals surface area contributed by atoms with Crippen LogP contribution < -0.4 is 10.2 Å². The molecule has 5 nitrogen and oxygen atoms in total. The van der Waals surface area contributed by atoms with Crippen molar-refractivity contribution in [2.24, 2.45) is 0 Å². The van der Waals surface area contributed by atoms with Gasteiger partial charge in [-0.1, -0.05) is 0 Å². The number of rotatable bonds is 1. The maximum Gasteiger partial charge on any atom is 0.180 e. The number of hydrogen-bond donors (Lipinski definition) is 1. The van der Waals surface area contributed by atoms with Gasteiger partial charge in [0.2, 0.25) is 0 Å². The predicted octanol–water partition coefficient (Wildman–Crippen LogP) is 0.823. The third-order valence-corrected chi connectivity index (χ3v) is 3.11. The van der Waals surface area contributed by atoms with Crippen LogP contribution in [0.3, 0.4) is 0 Å². The average Bonchev–Trinajstić information content (AvgIpc) is 2.39. The molecule has 0 aromatic carbocycles. The number of aromatic nitrogens is 3. The summed E-state index contributed by atoms with van der Waals surface area (Å²) < 4.78 is 0. The number of fused-ring (bicyclic) bond motifs is 1. The highest BCUT2D eigenvalue weighted by molar-refractivity contribution is 5.71. The minimum atomic E-state index is 0.463. The number of hydrogen-bond acceptors (Lipinski definition) is 5. The molecule has 1 aliphatic rings. The fourth-order valence-corrected chi connectivity index (χ4v) is 2.19. The summed E-state index contributed by atoms with van der Waals surface area (Å²) in [4.78, 5) is 15.4. The van der Waals surface area contributed by atoms with Gasteiger partial charge in [0.25, 0.3) is 0 Å². The van der Waals surface area contributed by atoms with Crippen LogP contribution in [0, 0.1) is 0 Å². The second-order valence-corrected chi connectivity index (χ2v) is 4.32. The van der Waals surface area contributed by atoms with E-state index in [2.05, 4.69) is 32.1 Å². The molecule has 0 radical (unpaired) electrons. The van der Waals surface area contributed by atoms with Gasteiger partial charge in [0.15, 0.2) is 5.65 Å². The lowest BCUT2D eigenvalue weighted by Gasteiger charge is -2.34. The number of anilines is 1. The largest absolute Gasteiger partial charge is 0.351 e. The Balaban J connectivity index is 1.99. The molecule has 1 fully saturated rings. The Bertz CT molecular complexity index is 527. The quantitative estimate of drug-likeness (QED) is 0.784. The Hall–Kier alpha value is -1.75. The number of piperazine rings is 1. The summed E-state index contributed by atoms with van der Waals surface area (Å²) in [7, 11) is 0. The van der Waals surface area contributed by atoms with Crippen LogP contribution in [0.4, 0.5) is 5.82 Å². The molecule has 3 rings (SSSR count). The number of nitrogens with zero attached hydrogens (tertiary/aromatic N) is 4. The molecule has 1 aliphatic heterocycles. The summed E-state index contributed by atoms with van der Waals surface area (Å²) in [6.07, 6.45) is 3.37. The first-order chi connectivity index (χ1) is 8.34. The van der Waals surface area contributed by atoms with E-state index in [-0.39, 0.29) is 0 Å². The summed E-state index contributed by atoms with van der Waals surface area (Å²) in [5, 5.41) is 3.37. The second kappa shape index (κ2) is 4.25. The Morgan fingerprint density at radius 1 is 1.29 bits per heavy atom. The molecule has 1 saturated heterocycles. The van der Waals surface area contributed by atoms with Crippen molar-refractivity contribution in [2.45, 2.75) is 13.0 Å². The Morgan fingerprint density at radius 3 is 3.06 bits per heavy atom. The Labute approximate surface area is 99.9 Å². The molecule has 1 N–H and O–H groups in total. The molecular formula is C12H15N5. The van der Waals surface area contributed by atoms with Crippen molar-refractivity contribution < 1.29 is 0 Å². The number of pyridine rings is 1. The van der Waals surface area contributed by atoms with E-state index in [4.69, 9.17) is 0 Å². The molecular weight excluding hydrogens is 214 g/mol. The van der Waals surface area contributed by atoms with Gasteiger partial charge in [-0.3, -0.25) is 4.98 Å². The van der Waals surface area contributed by atoms with Gasteiger partial charge in [0, 0.05) is 38.1 Å². The average molecular weight is 229 g/mol. The molecule has 5 heteroatoms. The zero-order chi connectivity index (χ0) is 11.7. The normalized spacial score (nSPS) is 20.8. The lowest BCUT2D eigenvalue weighted by Crippen LogP contribution is -2.50. The standard InChI is InChI=1S/C12H15N5/c1-9-8-13-6-7-17(9)11-3-2-10-12(16-11)15-5-4-14-10/h2-5,9,13H,6-8H2,1H3. The van der Waals surface area contributed by atoms with Crippen molar-refractivity contribution in [2.75, 3.05) is 24.5 Å². The maximum absolute atomic E-state index is 4.57. The molecule has 1 unspecified atom stereocenters. The van der Waals surface area contributed by atoms with Gasteiger partial charge in [-0.15, -0.1) is 0 Å². The molecule has 2 aromatic heterocycles. The van der Waals surface area contributed by atoms with Gasteiger partial charge >= 0.3 is 0 Å². The van der Waals surface area contributed by atoms with Crippen LogP contribution >= 0.6 is 0 Å². The van der Waals surface area contributed by atoms with Crippen LogP contribution in [0.25, 0.3) is 11.2 Å². The van der Waals surface area contributed by atoms with Gasteiger partial charge in [-0.25, -0.2) is 9.97 Å². The van der Waals surface area contributed by atoms with E-state index in [0.717, 1.165) is 36.6 Å². The minimum Gasteiger partial charge on any atom is -0.351 e. The highest BCUT2D eigenvalue weighted by atomic mass is 15.3. The smallest absolute Gasteiger partial charge is 0.180 e. The summed E-state index contributed by atoms with van der Waals surface area (Å²) in [5.41, 5.74) is 1.56. The molecule has 0 saturated carbocycles. The SMILES string of the molecule is CC1CNCCN1c1ccc2nccnc2n1. The van der Waals surface area contributed by atoms with Crippen molar-refractivity contribution in [3.05, 3.63) is 24.5 Å². The van der Waals surface area contributed by atoms with E-state index < -0.39 is 0 Å². The van der Waals surface area contributed by atoms with Crippen LogP contribution in [0.2, 0.25) is 0 Å². The highest BCUT2D eigenvalue weighted by Gasteiger charge is 2.19. The van der Waals surface area contributed by atoms with E-state index in [9.17, 15) is 0 Å². The van der Waals surface area contributed by atoms with Crippen LogP contribution in [0.5, 0.6) is 0 Å². The van der Waals surface area contributed by atoms with Crippen LogP contribution in [0.1, 0.15) is 6.92 Å². The predicted molar refractivity (Wildman–Crippen MR) is 67.0 cm³/mol. The zero-order valence-corrected chi connectivity index (χ0v) is 9.80. The van der Waals surface area contributed by atoms with Crippen LogP contribution in [-0.4, -0.2) is 40.6 Å². The first-order valence-electron chi connectivity index (χ1n) is 5.90. The van der Waals surface area contributed by atoms with Crippen LogP contribution in [-0.2, 0) is 0 Å². The lowest BCUT2D eigenvalue weighted by atomic mass is 10.2. The maximum atomic E-state index is 4.57. The zero-order valence-electron chi connectivity index (χ0n) is 9.80. The molecule has 88 valence electrons. The Kier molecular flexibility index (Phi) is 2.60. The third kappa shape index (κ3) is 1.93. The van der Waals surface area contributed by atoms with Crippen molar-refractivity contribution in [1.82, 2.24) is 20.3 Å². The molecule has 0 spiro atoms. The van der Waals surface area contributed by atoms with Crippen molar-refractivity contribution in [1.29, 1.82) is 0 Å². The minimum absolute atomic E-state index is 0.463. The van der Waals surface area contributed by atoms with Gasteiger partial charge in [-0.2, -0.15) is 0 Å². The van der Waals surface area contributed by atoms with Gasteiger partial charge in [0.1, 0.15) is 11.3 Å². The summed E-state index contributed by atoms with van der Waals surface area (Å²) in [6, 6.07) is 4.48. The number of nitrogens with one attached hydrogen (secondary N) is 1. The second-order valence-electron chi connectivity index (χ2n) is 4.32. The molecule has 0 amide bonds. The van der Waals surface area contributed by atoms with Crippen LogP contribution in [0.15, 0.2) is 24.5 Å². The van der Waals surface area contributed by atoms with E-state index >= 15 is 0 Å². The lowest BCUT2D eigenvalue weighted by molar-refractivity contribution is 0.497. The van der Waals surface area contributed by atoms with E-state index in [1.165, 1.54) is 0 Å². The topological polar surface area (TPSA) is 53.9 Å². The van der Waals surface area contributed by atoms with Crippen molar-refractivity contribution in [3.63, 3.8) is 0 Å². The molecule has 0 bridgehead atoms. The van der Waals surface area contributed by atoms with Gasteiger partial charge in [-0.05, 0) is 19.1 Å². The summed E-state index contributed by atoms with van der Waals surface area (Å²) in [5.74, 6) is 0.993. The van der Waals surface area contributed by atoms with Gasteiger partial charge < -0.3 is 10.2 Å². The van der Waals surface area contributed by atoms with E-state index in [0.29, 0.717) is 6.04 Å². The first kappa shape index (κ1) is 10.4. The summed E-state index contributed by atoms with van der Waals surface area (Å²) >= 11 is 0. The third-order valence-electron chi connectivity index (χ3n) is 3.11. The first-order valence-corrected chi connectivity index (χ1v) is 5.90. The Morgan fingerprint density at radius 2 is 2.18 bits per heavy atom. The van der Waals surface area contributed by atoms with Gasteiger partial charge in [0.05, 0.1) is 0 Å². The molecule has 2 aromatic rings. The molecule has 1 atom stereocenters. The van der Waals surface area contributed by atoms with Crippen molar-refractivity contribution >= 4 is 17.0 Å². The highest BCUT2D eigenvalue weighted by Crippen LogP contribution is 2.18. The molecule has 17 heavy (non-hydrogen) atoms. The fraction of sp³-hybridized carbons (Fsp3) is 0.417. The van der Waals surface area contributed by atoms with Crippen molar-refractivity contribution in [3.8, 4) is 0 Å². The fourth-order valence-electron chi connectivity index (χ4n) is 2.19. The molecule has 3 heterocycles. The summed E-state index contributed by atoms with van der Waals surface area (Å²) in [6.45, 7) is 5.19. The van der Waals surface area contributed by atoms with E-state index in [1.807, 2.05) is 12.1 Å². The monoisotopic (exact) mass is 229 g/mol.